The molecule has 3 aromatic carbocycles. The highest BCUT2D eigenvalue weighted by Crippen LogP contribution is 2.22. The molecule has 0 saturated carbocycles. The quantitative estimate of drug-likeness (QED) is 0.419. The van der Waals surface area contributed by atoms with Gasteiger partial charge in [-0.25, -0.2) is 0 Å². The molecule has 3 rings (SSSR count). The van der Waals surface area contributed by atoms with E-state index < -0.39 is 0 Å². The van der Waals surface area contributed by atoms with Crippen molar-refractivity contribution in [2.24, 2.45) is 0 Å². The van der Waals surface area contributed by atoms with Gasteiger partial charge in [0.1, 0.15) is 0 Å². The lowest BCUT2D eigenvalue weighted by atomic mass is 10.1. The average molecular weight is 394 g/mol. The van der Waals surface area contributed by atoms with Crippen LogP contribution in [0, 0.1) is 0 Å². The molecule has 2 N–H and O–H groups in total. The first-order valence-corrected chi connectivity index (χ1v) is 9.96. The van der Waals surface area contributed by atoms with Gasteiger partial charge in [0.2, 0.25) is 0 Å². The summed E-state index contributed by atoms with van der Waals surface area (Å²) >= 11 is 5.41. The molecule has 0 amide bonds. The maximum atomic E-state index is 5.72. The van der Waals surface area contributed by atoms with E-state index in [-0.39, 0.29) is 0 Å². The SMILES string of the molecule is CN(CCOCCNC(=S)Nc1cccc2ccccc12)Cc1ccccc1. The third-order valence-electron chi connectivity index (χ3n) is 4.48. The Morgan fingerprint density at radius 1 is 0.929 bits per heavy atom. The zero-order chi connectivity index (χ0) is 19.6. The van der Waals surface area contributed by atoms with E-state index in [0.29, 0.717) is 24.9 Å². The number of benzene rings is 3. The zero-order valence-electron chi connectivity index (χ0n) is 16.2. The van der Waals surface area contributed by atoms with Gasteiger partial charge >= 0.3 is 0 Å². The van der Waals surface area contributed by atoms with E-state index in [1.807, 2.05) is 30.3 Å². The number of rotatable bonds is 9. The monoisotopic (exact) mass is 393 g/mol. The Balaban J connectivity index is 1.31. The molecule has 146 valence electrons. The Morgan fingerprint density at radius 3 is 2.54 bits per heavy atom. The summed E-state index contributed by atoms with van der Waals surface area (Å²) in [6.07, 6.45) is 0. The number of likely N-dealkylation sites (N-methyl/N-ethyl adjacent to an activating group) is 1. The van der Waals surface area contributed by atoms with Gasteiger partial charge in [0.05, 0.1) is 13.2 Å². The number of ether oxygens (including phenoxy) is 1. The Bertz CT molecular complexity index is 880. The van der Waals surface area contributed by atoms with Crippen molar-refractivity contribution in [3.8, 4) is 0 Å². The highest BCUT2D eigenvalue weighted by Gasteiger charge is 2.03. The normalized spacial score (nSPS) is 10.9. The molecular formula is C23H27N3OS. The van der Waals surface area contributed by atoms with Crippen LogP contribution in [0.3, 0.4) is 0 Å². The highest BCUT2D eigenvalue weighted by molar-refractivity contribution is 7.80. The molecule has 0 aromatic heterocycles. The third-order valence-corrected chi connectivity index (χ3v) is 4.73. The lowest BCUT2D eigenvalue weighted by Gasteiger charge is -2.17. The number of hydrogen-bond acceptors (Lipinski definition) is 3. The molecule has 4 nitrogen and oxygen atoms in total. The van der Waals surface area contributed by atoms with Crippen LogP contribution in [0.15, 0.2) is 72.8 Å². The lowest BCUT2D eigenvalue weighted by Crippen LogP contribution is -2.32. The van der Waals surface area contributed by atoms with Gasteiger partial charge in [-0.05, 0) is 36.3 Å². The fourth-order valence-electron chi connectivity index (χ4n) is 3.03. The molecule has 3 aromatic rings. The summed E-state index contributed by atoms with van der Waals surface area (Å²) in [6.45, 7) is 3.83. The molecule has 0 fully saturated rings. The summed E-state index contributed by atoms with van der Waals surface area (Å²) in [5.74, 6) is 0. The number of nitrogens with one attached hydrogen (secondary N) is 2. The number of thiocarbonyl (C=S) groups is 1. The van der Waals surface area contributed by atoms with E-state index in [0.717, 1.165) is 24.2 Å². The minimum Gasteiger partial charge on any atom is -0.378 e. The Labute approximate surface area is 172 Å². The van der Waals surface area contributed by atoms with Crippen LogP contribution < -0.4 is 10.6 Å². The third kappa shape index (κ3) is 6.30. The summed E-state index contributed by atoms with van der Waals surface area (Å²) < 4.78 is 5.72. The van der Waals surface area contributed by atoms with Crippen LogP contribution in [0.5, 0.6) is 0 Å². The van der Waals surface area contributed by atoms with E-state index in [2.05, 4.69) is 65.0 Å². The van der Waals surface area contributed by atoms with E-state index in [4.69, 9.17) is 17.0 Å². The van der Waals surface area contributed by atoms with Gasteiger partial charge < -0.3 is 15.4 Å². The van der Waals surface area contributed by atoms with Gasteiger partial charge in [-0.3, -0.25) is 4.90 Å². The van der Waals surface area contributed by atoms with E-state index >= 15 is 0 Å². The van der Waals surface area contributed by atoms with E-state index in [9.17, 15) is 0 Å². The van der Waals surface area contributed by atoms with Crippen molar-refractivity contribution in [3.05, 3.63) is 78.4 Å². The maximum absolute atomic E-state index is 5.72. The predicted molar refractivity (Wildman–Crippen MR) is 122 cm³/mol. The first-order valence-electron chi connectivity index (χ1n) is 9.55. The highest BCUT2D eigenvalue weighted by atomic mass is 32.1. The molecule has 0 bridgehead atoms. The summed E-state index contributed by atoms with van der Waals surface area (Å²) in [5.41, 5.74) is 2.33. The van der Waals surface area contributed by atoms with Gasteiger partial charge in [-0.2, -0.15) is 0 Å². The van der Waals surface area contributed by atoms with Crippen LogP contribution in [0.1, 0.15) is 5.56 Å². The fraction of sp³-hybridized carbons (Fsp3) is 0.261. The molecule has 0 unspecified atom stereocenters. The van der Waals surface area contributed by atoms with Gasteiger partial charge in [-0.1, -0.05) is 66.7 Å². The summed E-state index contributed by atoms with van der Waals surface area (Å²) in [4.78, 5) is 2.26. The molecule has 0 radical (unpaired) electrons. The molecule has 0 aliphatic carbocycles. The second kappa shape index (κ2) is 10.8. The number of nitrogens with zero attached hydrogens (tertiary/aromatic N) is 1. The van der Waals surface area contributed by atoms with Crippen LogP contribution in [0.4, 0.5) is 5.69 Å². The summed E-state index contributed by atoms with van der Waals surface area (Å²) in [5, 5.41) is 9.45. The van der Waals surface area contributed by atoms with Crippen LogP contribution in [-0.2, 0) is 11.3 Å². The summed E-state index contributed by atoms with van der Waals surface area (Å²) in [7, 11) is 2.11. The van der Waals surface area contributed by atoms with Crippen molar-refractivity contribution in [1.29, 1.82) is 0 Å². The molecule has 0 atom stereocenters. The molecule has 0 heterocycles. The minimum atomic E-state index is 0.612. The van der Waals surface area contributed by atoms with Gasteiger partial charge in [0, 0.05) is 30.7 Å². The van der Waals surface area contributed by atoms with Crippen molar-refractivity contribution in [3.63, 3.8) is 0 Å². The number of hydrogen-bond donors (Lipinski definition) is 2. The smallest absolute Gasteiger partial charge is 0.170 e. The van der Waals surface area contributed by atoms with Gasteiger partial charge in [0.25, 0.3) is 0 Å². The van der Waals surface area contributed by atoms with E-state index in [1.165, 1.54) is 10.9 Å². The number of anilines is 1. The summed E-state index contributed by atoms with van der Waals surface area (Å²) in [6, 6.07) is 24.9. The van der Waals surface area contributed by atoms with Crippen LogP contribution in [0.2, 0.25) is 0 Å². The van der Waals surface area contributed by atoms with E-state index in [1.54, 1.807) is 0 Å². The van der Waals surface area contributed by atoms with Gasteiger partial charge in [0.15, 0.2) is 5.11 Å². The van der Waals surface area contributed by atoms with Crippen LogP contribution >= 0.6 is 12.2 Å². The maximum Gasteiger partial charge on any atom is 0.170 e. The fourth-order valence-corrected chi connectivity index (χ4v) is 3.25. The molecule has 0 aliphatic rings. The van der Waals surface area contributed by atoms with Crippen LogP contribution in [0.25, 0.3) is 10.8 Å². The second-order valence-corrected chi connectivity index (χ2v) is 7.15. The predicted octanol–water partition coefficient (Wildman–Crippen LogP) is 4.27. The second-order valence-electron chi connectivity index (χ2n) is 6.74. The molecular weight excluding hydrogens is 366 g/mol. The molecule has 28 heavy (non-hydrogen) atoms. The zero-order valence-corrected chi connectivity index (χ0v) is 17.0. The lowest BCUT2D eigenvalue weighted by molar-refractivity contribution is 0.114. The van der Waals surface area contributed by atoms with Gasteiger partial charge in [-0.15, -0.1) is 0 Å². The first-order chi connectivity index (χ1) is 13.7. The van der Waals surface area contributed by atoms with Crippen molar-refractivity contribution >= 4 is 33.8 Å². The Morgan fingerprint density at radius 2 is 1.68 bits per heavy atom. The largest absolute Gasteiger partial charge is 0.378 e. The Kier molecular flexibility index (Phi) is 7.79. The van der Waals surface area contributed by atoms with Crippen molar-refractivity contribution in [2.45, 2.75) is 6.54 Å². The minimum absolute atomic E-state index is 0.612. The Hall–Kier alpha value is -2.47. The molecule has 0 saturated heterocycles. The number of fused-ring (bicyclic) bond motifs is 1. The van der Waals surface area contributed by atoms with Crippen molar-refractivity contribution in [1.82, 2.24) is 10.2 Å². The average Bonchev–Trinajstić information content (AvgIpc) is 2.71. The molecule has 0 spiro atoms. The van der Waals surface area contributed by atoms with Crippen LogP contribution in [-0.4, -0.2) is 43.4 Å². The van der Waals surface area contributed by atoms with Crippen molar-refractivity contribution < 1.29 is 4.74 Å². The first kappa shape index (κ1) is 20.3. The molecule has 5 heteroatoms. The molecule has 0 aliphatic heterocycles. The topological polar surface area (TPSA) is 36.5 Å². The van der Waals surface area contributed by atoms with Crippen molar-refractivity contribution in [2.75, 3.05) is 38.7 Å². The standard InChI is InChI=1S/C23H27N3OS/c1-26(18-19-8-3-2-4-9-19)15-17-27-16-14-24-23(28)25-22-13-7-11-20-10-5-6-12-21(20)22/h2-13H,14-18H2,1H3,(H2,24,25,28).